The number of nitrogens with zero attached hydrogens (tertiary/aromatic N) is 1. The molecule has 0 aliphatic heterocycles. The second-order valence-electron chi connectivity index (χ2n) is 4.75. The Kier molecular flexibility index (Phi) is 5.05. The summed E-state index contributed by atoms with van der Waals surface area (Å²) in [6, 6.07) is 11.7. The molecule has 2 aromatic heterocycles. The quantitative estimate of drug-likeness (QED) is 0.626. The highest BCUT2D eigenvalue weighted by Crippen LogP contribution is 2.27. The molecule has 0 amide bonds. The first-order valence-corrected chi connectivity index (χ1v) is 8.81. The summed E-state index contributed by atoms with van der Waals surface area (Å²) in [5.41, 5.74) is 1.46. The van der Waals surface area contributed by atoms with E-state index in [1.54, 1.807) is 23.8 Å². The van der Waals surface area contributed by atoms with Crippen LogP contribution in [0.5, 0.6) is 5.75 Å². The average molecular weight is 345 g/mol. The van der Waals surface area contributed by atoms with Crippen LogP contribution >= 0.6 is 22.7 Å². The number of thiophene rings is 1. The fourth-order valence-electron chi connectivity index (χ4n) is 2.01. The van der Waals surface area contributed by atoms with Crippen molar-refractivity contribution in [3.63, 3.8) is 0 Å². The highest BCUT2D eigenvalue weighted by Gasteiger charge is 2.13. The number of carbonyl (C=O) groups excluding carboxylic acids is 1. The molecule has 2 heterocycles. The Morgan fingerprint density at radius 1 is 1.17 bits per heavy atom. The summed E-state index contributed by atoms with van der Waals surface area (Å²) >= 11 is 3.06. The van der Waals surface area contributed by atoms with E-state index in [1.807, 2.05) is 41.8 Å². The van der Waals surface area contributed by atoms with Crippen LogP contribution in [-0.4, -0.2) is 24.7 Å². The van der Waals surface area contributed by atoms with Crippen LogP contribution in [0.1, 0.15) is 16.1 Å². The van der Waals surface area contributed by atoms with Crippen molar-refractivity contribution in [2.24, 2.45) is 0 Å². The molecule has 0 bridgehead atoms. The van der Waals surface area contributed by atoms with Gasteiger partial charge in [0, 0.05) is 11.8 Å². The van der Waals surface area contributed by atoms with Crippen LogP contribution in [0.2, 0.25) is 0 Å². The summed E-state index contributed by atoms with van der Waals surface area (Å²) in [6.07, 6.45) is 0.664. The van der Waals surface area contributed by atoms with Gasteiger partial charge in [-0.05, 0) is 29.1 Å². The Morgan fingerprint density at radius 2 is 2.00 bits per heavy atom. The number of esters is 1. The molecular weight excluding hydrogens is 330 g/mol. The number of ether oxygens (including phenoxy) is 2. The first kappa shape index (κ1) is 15.7. The first-order chi connectivity index (χ1) is 11.3. The lowest BCUT2D eigenvalue weighted by Crippen LogP contribution is -2.08. The van der Waals surface area contributed by atoms with Crippen molar-refractivity contribution < 1.29 is 14.3 Å². The highest BCUT2D eigenvalue weighted by atomic mass is 32.1. The van der Waals surface area contributed by atoms with E-state index in [0.29, 0.717) is 18.7 Å². The molecule has 4 nitrogen and oxygen atoms in total. The van der Waals surface area contributed by atoms with E-state index in [1.165, 1.54) is 11.3 Å². The fraction of sp³-hybridized carbons (Fsp3) is 0.176. The molecule has 1 aromatic carbocycles. The van der Waals surface area contributed by atoms with Gasteiger partial charge in [-0.2, -0.15) is 0 Å². The molecule has 0 spiro atoms. The smallest absolute Gasteiger partial charge is 0.357 e. The van der Waals surface area contributed by atoms with Gasteiger partial charge in [-0.1, -0.05) is 18.2 Å². The maximum atomic E-state index is 12.0. The first-order valence-electron chi connectivity index (χ1n) is 7.06. The van der Waals surface area contributed by atoms with Crippen molar-refractivity contribution in [3.05, 3.63) is 58.4 Å². The SMILES string of the molecule is COc1ccc(CCOC(=O)c2csc(-c3cccs3)n2)cc1. The minimum Gasteiger partial charge on any atom is -0.497 e. The lowest BCUT2D eigenvalue weighted by atomic mass is 10.1. The van der Waals surface area contributed by atoms with Gasteiger partial charge in [0.1, 0.15) is 10.8 Å². The summed E-state index contributed by atoms with van der Waals surface area (Å²) in [5.74, 6) is 0.437. The van der Waals surface area contributed by atoms with Gasteiger partial charge in [-0.25, -0.2) is 9.78 Å². The zero-order valence-corrected chi connectivity index (χ0v) is 14.2. The van der Waals surface area contributed by atoms with Gasteiger partial charge in [-0.3, -0.25) is 0 Å². The molecule has 118 valence electrons. The monoisotopic (exact) mass is 345 g/mol. The maximum Gasteiger partial charge on any atom is 0.357 e. The predicted molar refractivity (Wildman–Crippen MR) is 92.4 cm³/mol. The van der Waals surface area contributed by atoms with E-state index >= 15 is 0 Å². The van der Waals surface area contributed by atoms with Crippen LogP contribution < -0.4 is 4.74 Å². The number of methoxy groups -OCH3 is 1. The summed E-state index contributed by atoms with van der Waals surface area (Å²) < 4.78 is 10.4. The van der Waals surface area contributed by atoms with E-state index in [9.17, 15) is 4.79 Å². The molecule has 6 heteroatoms. The van der Waals surface area contributed by atoms with Gasteiger partial charge in [0.15, 0.2) is 5.69 Å². The number of thiazole rings is 1. The lowest BCUT2D eigenvalue weighted by Gasteiger charge is -2.04. The molecular formula is C17H15NO3S2. The molecule has 0 saturated carbocycles. The standard InChI is InChI=1S/C17H15NO3S2/c1-20-13-6-4-12(5-7-13)8-9-21-17(19)14-11-23-16(18-14)15-3-2-10-22-15/h2-7,10-11H,8-9H2,1H3. The molecule has 0 atom stereocenters. The van der Waals surface area contributed by atoms with Crippen molar-refractivity contribution in [3.8, 4) is 15.6 Å². The van der Waals surface area contributed by atoms with Crippen molar-refractivity contribution in [1.29, 1.82) is 0 Å². The lowest BCUT2D eigenvalue weighted by molar-refractivity contribution is 0.0503. The maximum absolute atomic E-state index is 12.0. The van der Waals surface area contributed by atoms with Crippen molar-refractivity contribution >= 4 is 28.6 Å². The fourth-order valence-corrected chi connectivity index (χ4v) is 3.61. The number of aromatic nitrogens is 1. The second-order valence-corrected chi connectivity index (χ2v) is 6.55. The largest absolute Gasteiger partial charge is 0.497 e. The third-order valence-electron chi connectivity index (χ3n) is 3.23. The predicted octanol–water partition coefficient (Wildman–Crippen LogP) is 4.28. The summed E-state index contributed by atoms with van der Waals surface area (Å²) in [4.78, 5) is 17.4. The Balaban J connectivity index is 1.53. The second kappa shape index (κ2) is 7.39. The average Bonchev–Trinajstić information content (AvgIpc) is 3.26. The van der Waals surface area contributed by atoms with E-state index in [2.05, 4.69) is 4.98 Å². The summed E-state index contributed by atoms with van der Waals surface area (Å²) in [5, 5.41) is 4.58. The van der Waals surface area contributed by atoms with Crippen molar-refractivity contribution in [2.75, 3.05) is 13.7 Å². The van der Waals surface area contributed by atoms with E-state index in [-0.39, 0.29) is 5.97 Å². The van der Waals surface area contributed by atoms with Gasteiger partial charge >= 0.3 is 5.97 Å². The molecule has 0 unspecified atom stereocenters. The highest BCUT2D eigenvalue weighted by molar-refractivity contribution is 7.20. The van der Waals surface area contributed by atoms with Crippen LogP contribution in [0.4, 0.5) is 0 Å². The topological polar surface area (TPSA) is 48.4 Å². The third-order valence-corrected chi connectivity index (χ3v) is 5.11. The Bertz CT molecular complexity index is 764. The molecule has 3 aromatic rings. The van der Waals surface area contributed by atoms with Gasteiger partial charge in [-0.15, -0.1) is 22.7 Å². The number of carbonyl (C=O) groups is 1. The minimum absolute atomic E-state index is 0.330. The number of benzene rings is 1. The number of hydrogen-bond donors (Lipinski definition) is 0. The zero-order chi connectivity index (χ0) is 16.1. The molecule has 23 heavy (non-hydrogen) atoms. The van der Waals surface area contributed by atoms with Gasteiger partial charge < -0.3 is 9.47 Å². The van der Waals surface area contributed by atoms with E-state index in [4.69, 9.17) is 9.47 Å². The van der Waals surface area contributed by atoms with Gasteiger partial charge in [0.25, 0.3) is 0 Å². The minimum atomic E-state index is -0.377. The molecule has 0 aliphatic carbocycles. The molecule has 3 rings (SSSR count). The third kappa shape index (κ3) is 3.97. The Labute approximate surface area is 142 Å². The number of hydrogen-bond acceptors (Lipinski definition) is 6. The molecule has 0 fully saturated rings. The molecule has 0 radical (unpaired) electrons. The Hall–Kier alpha value is -2.18. The van der Waals surface area contributed by atoms with Crippen LogP contribution in [0.25, 0.3) is 9.88 Å². The number of rotatable bonds is 6. The van der Waals surface area contributed by atoms with Gasteiger partial charge in [0.2, 0.25) is 0 Å². The molecule has 0 aliphatic rings. The normalized spacial score (nSPS) is 10.5. The van der Waals surface area contributed by atoms with Gasteiger partial charge in [0.05, 0.1) is 18.6 Å². The van der Waals surface area contributed by atoms with Crippen LogP contribution in [0, 0.1) is 0 Å². The van der Waals surface area contributed by atoms with E-state index < -0.39 is 0 Å². The molecule has 0 saturated heterocycles. The summed E-state index contributed by atoms with van der Waals surface area (Å²) in [7, 11) is 1.63. The zero-order valence-electron chi connectivity index (χ0n) is 12.5. The van der Waals surface area contributed by atoms with Crippen LogP contribution in [0.3, 0.4) is 0 Å². The molecule has 0 N–H and O–H groups in total. The summed E-state index contributed by atoms with van der Waals surface area (Å²) in [6.45, 7) is 0.330. The van der Waals surface area contributed by atoms with E-state index in [0.717, 1.165) is 21.2 Å². The van der Waals surface area contributed by atoms with Crippen molar-refractivity contribution in [1.82, 2.24) is 4.98 Å². The van der Waals surface area contributed by atoms with Crippen LogP contribution in [-0.2, 0) is 11.2 Å². The Morgan fingerprint density at radius 3 is 2.70 bits per heavy atom. The van der Waals surface area contributed by atoms with Crippen LogP contribution in [0.15, 0.2) is 47.2 Å². The van der Waals surface area contributed by atoms with Crippen molar-refractivity contribution in [2.45, 2.75) is 6.42 Å².